The van der Waals surface area contributed by atoms with Crippen molar-refractivity contribution in [1.29, 1.82) is 0 Å². The van der Waals surface area contributed by atoms with Crippen molar-refractivity contribution in [3.8, 4) is 17.2 Å². The van der Waals surface area contributed by atoms with E-state index in [2.05, 4.69) is 11.0 Å². The molecule has 0 aliphatic rings. The number of para-hydroxylation sites is 2. The van der Waals surface area contributed by atoms with E-state index >= 15 is 0 Å². The Balaban J connectivity index is 1.82. The first-order chi connectivity index (χ1) is 13.4. The molecule has 0 fully saturated rings. The lowest BCUT2D eigenvalue weighted by molar-refractivity contribution is -0.137. The second-order valence-electron chi connectivity index (χ2n) is 5.81. The van der Waals surface area contributed by atoms with Gasteiger partial charge in [-0.05, 0) is 54.6 Å². The number of alkyl halides is 3. The van der Waals surface area contributed by atoms with Gasteiger partial charge in [-0.25, -0.2) is 5.43 Å². The van der Waals surface area contributed by atoms with E-state index in [0.717, 1.165) is 12.1 Å². The fourth-order valence-corrected chi connectivity index (χ4v) is 2.56. The van der Waals surface area contributed by atoms with Crippen LogP contribution in [0.15, 0.2) is 72.8 Å². The minimum Gasteiger partial charge on any atom is -0.506 e. The van der Waals surface area contributed by atoms with Gasteiger partial charge in [-0.15, -0.1) is 0 Å². The van der Waals surface area contributed by atoms with Crippen molar-refractivity contribution in [2.45, 2.75) is 6.18 Å². The quantitative estimate of drug-likeness (QED) is 0.519. The number of anilines is 2. The molecule has 0 amide bonds. The summed E-state index contributed by atoms with van der Waals surface area (Å²) in [7, 11) is 1.68. The zero-order chi connectivity index (χ0) is 20.1. The van der Waals surface area contributed by atoms with Crippen LogP contribution in [-0.2, 0) is 6.18 Å². The predicted octanol–water partition coefficient (Wildman–Crippen LogP) is 4.98. The van der Waals surface area contributed by atoms with Crippen molar-refractivity contribution in [2.75, 3.05) is 12.1 Å². The minimum absolute atomic E-state index is 0.0783. The summed E-state index contributed by atoms with van der Waals surface area (Å²) in [6.45, 7) is 0. The number of ether oxygens (including phenoxy) is 1. The van der Waals surface area contributed by atoms with Crippen LogP contribution in [-0.4, -0.2) is 12.2 Å². The smallest absolute Gasteiger partial charge is 0.416 e. The van der Waals surface area contributed by atoms with Gasteiger partial charge < -0.3 is 9.84 Å². The minimum atomic E-state index is -4.43. The van der Waals surface area contributed by atoms with E-state index in [1.54, 1.807) is 60.6 Å². The van der Waals surface area contributed by atoms with Gasteiger partial charge in [-0.2, -0.15) is 18.7 Å². The molecule has 8 heteroatoms. The van der Waals surface area contributed by atoms with Gasteiger partial charge >= 0.3 is 6.18 Å². The number of nitrogens with zero attached hydrogens (tertiary/aromatic N) is 1. The molecule has 0 spiro atoms. The average Bonchev–Trinajstić information content (AvgIpc) is 2.67. The summed E-state index contributed by atoms with van der Waals surface area (Å²) in [4.78, 5) is 0. The Morgan fingerprint density at radius 3 is 2.25 bits per heavy atom. The van der Waals surface area contributed by atoms with E-state index in [-0.39, 0.29) is 11.5 Å². The molecule has 28 heavy (non-hydrogen) atoms. The van der Waals surface area contributed by atoms with E-state index < -0.39 is 11.7 Å². The summed E-state index contributed by atoms with van der Waals surface area (Å²) in [6, 6.07) is 18.1. The lowest BCUT2D eigenvalue weighted by Crippen LogP contribution is -2.42. The molecule has 0 bridgehead atoms. The number of aromatic hydroxyl groups is 1. The van der Waals surface area contributed by atoms with Crippen molar-refractivity contribution in [3.63, 3.8) is 0 Å². The first kappa shape index (κ1) is 19.5. The third-order valence-electron chi connectivity index (χ3n) is 3.84. The van der Waals surface area contributed by atoms with E-state index in [1.807, 2.05) is 0 Å². The number of halogens is 3. The summed E-state index contributed by atoms with van der Waals surface area (Å²) >= 11 is 0. The van der Waals surface area contributed by atoms with Gasteiger partial charge in [0.05, 0.1) is 11.3 Å². The molecule has 5 nitrogen and oxygen atoms in total. The van der Waals surface area contributed by atoms with E-state index in [9.17, 15) is 18.3 Å². The SMILES string of the molecule is CNNN(c1ccc(Oc2cccc(C(F)(F)F)c2)cc1)c1ccccc1O. The van der Waals surface area contributed by atoms with Gasteiger partial charge in [0.15, 0.2) is 0 Å². The van der Waals surface area contributed by atoms with Crippen LogP contribution >= 0.6 is 0 Å². The summed E-state index contributed by atoms with van der Waals surface area (Å²) in [5, 5.41) is 11.7. The molecule has 0 atom stereocenters. The molecule has 0 radical (unpaired) electrons. The Hall–Kier alpha value is -3.23. The Morgan fingerprint density at radius 1 is 0.893 bits per heavy atom. The van der Waals surface area contributed by atoms with Gasteiger partial charge in [0.25, 0.3) is 0 Å². The van der Waals surface area contributed by atoms with Crippen LogP contribution in [0.2, 0.25) is 0 Å². The lowest BCUT2D eigenvalue weighted by atomic mass is 10.2. The van der Waals surface area contributed by atoms with Gasteiger partial charge in [0.2, 0.25) is 0 Å². The number of rotatable bonds is 6. The van der Waals surface area contributed by atoms with Gasteiger partial charge in [-0.3, -0.25) is 5.01 Å². The number of hydrogen-bond donors (Lipinski definition) is 3. The number of hydrogen-bond acceptors (Lipinski definition) is 5. The van der Waals surface area contributed by atoms with Crippen molar-refractivity contribution in [3.05, 3.63) is 78.4 Å². The molecule has 3 aromatic carbocycles. The first-order valence-corrected chi connectivity index (χ1v) is 8.34. The monoisotopic (exact) mass is 389 g/mol. The van der Waals surface area contributed by atoms with Crippen molar-refractivity contribution in [1.82, 2.24) is 11.0 Å². The van der Waals surface area contributed by atoms with Gasteiger partial charge in [0.1, 0.15) is 22.9 Å². The summed E-state index contributed by atoms with van der Waals surface area (Å²) in [6.07, 6.45) is -4.43. The number of benzene rings is 3. The Labute approximate surface area is 159 Å². The molecule has 0 saturated carbocycles. The number of hydrazine groups is 2. The Bertz CT molecular complexity index is 930. The molecular weight excluding hydrogens is 371 g/mol. The van der Waals surface area contributed by atoms with Crippen LogP contribution in [0.1, 0.15) is 5.56 Å². The maximum atomic E-state index is 12.8. The fourth-order valence-electron chi connectivity index (χ4n) is 2.56. The second kappa shape index (κ2) is 8.20. The maximum Gasteiger partial charge on any atom is 0.416 e. The van der Waals surface area contributed by atoms with Gasteiger partial charge in [0, 0.05) is 7.05 Å². The lowest BCUT2D eigenvalue weighted by Gasteiger charge is -2.25. The molecule has 0 aliphatic carbocycles. The van der Waals surface area contributed by atoms with Gasteiger partial charge in [-0.1, -0.05) is 18.2 Å². The number of phenols is 1. The highest BCUT2D eigenvalue weighted by molar-refractivity contribution is 5.68. The molecular formula is C20H18F3N3O2. The molecule has 0 saturated heterocycles. The van der Waals surface area contributed by atoms with Crippen LogP contribution in [0, 0.1) is 0 Å². The third kappa shape index (κ3) is 4.54. The van der Waals surface area contributed by atoms with Crippen LogP contribution in [0.5, 0.6) is 17.2 Å². The summed E-state index contributed by atoms with van der Waals surface area (Å²) in [5.74, 6) is 0.549. The highest BCUT2D eigenvalue weighted by Gasteiger charge is 2.30. The molecule has 146 valence electrons. The highest BCUT2D eigenvalue weighted by atomic mass is 19.4. The van der Waals surface area contributed by atoms with Crippen LogP contribution in [0.3, 0.4) is 0 Å². The largest absolute Gasteiger partial charge is 0.506 e. The Morgan fingerprint density at radius 2 is 1.61 bits per heavy atom. The Kier molecular flexibility index (Phi) is 5.72. The molecule has 0 heterocycles. The molecule has 0 aromatic heterocycles. The molecule has 0 unspecified atom stereocenters. The first-order valence-electron chi connectivity index (χ1n) is 8.34. The topological polar surface area (TPSA) is 56.8 Å². The van der Waals surface area contributed by atoms with Crippen LogP contribution in [0.4, 0.5) is 24.5 Å². The van der Waals surface area contributed by atoms with Crippen molar-refractivity contribution >= 4 is 11.4 Å². The highest BCUT2D eigenvalue weighted by Crippen LogP contribution is 2.34. The normalized spacial score (nSPS) is 11.3. The van der Waals surface area contributed by atoms with Crippen LogP contribution < -0.4 is 20.7 Å². The van der Waals surface area contributed by atoms with Crippen LogP contribution in [0.25, 0.3) is 0 Å². The molecule has 3 N–H and O–H groups in total. The van der Waals surface area contributed by atoms with E-state index in [4.69, 9.17) is 4.74 Å². The zero-order valence-corrected chi connectivity index (χ0v) is 14.9. The van der Waals surface area contributed by atoms with E-state index in [1.165, 1.54) is 12.1 Å². The van der Waals surface area contributed by atoms with Crippen molar-refractivity contribution in [2.24, 2.45) is 0 Å². The third-order valence-corrected chi connectivity index (χ3v) is 3.84. The van der Waals surface area contributed by atoms with E-state index in [0.29, 0.717) is 17.1 Å². The second-order valence-corrected chi connectivity index (χ2v) is 5.81. The maximum absolute atomic E-state index is 12.8. The zero-order valence-electron chi connectivity index (χ0n) is 14.9. The van der Waals surface area contributed by atoms with Crippen molar-refractivity contribution < 1.29 is 23.0 Å². The molecule has 3 rings (SSSR count). The standard InChI is InChI=1S/C20H18F3N3O2/c1-24-25-26(18-7-2-3-8-19(18)27)15-9-11-16(12-10-15)28-17-6-4-5-14(13-17)20(21,22)23/h2-13,24-25,27H,1H3. The molecule has 3 aromatic rings. The number of nitrogens with one attached hydrogen (secondary N) is 2. The molecule has 0 aliphatic heterocycles. The predicted molar refractivity (Wildman–Crippen MR) is 100 cm³/mol. The average molecular weight is 389 g/mol. The number of phenolic OH excluding ortho intramolecular Hbond substituents is 1. The fraction of sp³-hybridized carbons (Fsp3) is 0.100. The summed E-state index contributed by atoms with van der Waals surface area (Å²) in [5.41, 5.74) is 6.12. The summed E-state index contributed by atoms with van der Waals surface area (Å²) < 4.78 is 44.0.